The molecule has 0 radical (unpaired) electrons. The molecule has 1 aromatic rings. The predicted octanol–water partition coefficient (Wildman–Crippen LogP) is 1.54. The minimum Gasteiger partial charge on any atom is -0.339 e. The van der Waals surface area contributed by atoms with Crippen LogP contribution in [0.5, 0.6) is 0 Å². The van der Waals surface area contributed by atoms with Crippen LogP contribution in [0.25, 0.3) is 0 Å². The molecule has 2 fully saturated rings. The molecule has 26 heavy (non-hydrogen) atoms. The minimum atomic E-state index is -3.36. The first-order valence-corrected chi connectivity index (χ1v) is 11.3. The Kier molecular flexibility index (Phi) is 6.32. The van der Waals surface area contributed by atoms with Crippen LogP contribution in [0.4, 0.5) is 0 Å². The number of nitrogens with zero attached hydrogens (tertiary/aromatic N) is 3. The molecular formula is C19H29N3O3S. The van der Waals surface area contributed by atoms with E-state index in [0.717, 1.165) is 45.3 Å². The molecule has 1 aliphatic heterocycles. The molecule has 0 atom stereocenters. The van der Waals surface area contributed by atoms with Gasteiger partial charge in [0.2, 0.25) is 15.9 Å². The van der Waals surface area contributed by atoms with Crippen LogP contribution in [0.1, 0.15) is 31.2 Å². The van der Waals surface area contributed by atoms with Crippen molar-refractivity contribution in [1.29, 1.82) is 0 Å². The summed E-state index contributed by atoms with van der Waals surface area (Å²) >= 11 is 0. The Balaban J connectivity index is 1.52. The average molecular weight is 380 g/mol. The molecule has 0 spiro atoms. The largest absolute Gasteiger partial charge is 0.339 e. The lowest BCUT2D eigenvalue weighted by atomic mass is 10.2. The fraction of sp³-hybridized carbons (Fsp3) is 0.632. The van der Waals surface area contributed by atoms with Crippen molar-refractivity contribution in [3.63, 3.8) is 0 Å². The summed E-state index contributed by atoms with van der Waals surface area (Å²) in [5.74, 6) is -0.0679. The Morgan fingerprint density at radius 1 is 1.08 bits per heavy atom. The number of rotatable bonds is 6. The summed E-state index contributed by atoms with van der Waals surface area (Å²) in [6.45, 7) is 3.84. The van der Waals surface area contributed by atoms with Gasteiger partial charge in [-0.25, -0.2) is 8.42 Å². The molecule has 2 aliphatic rings. The first kappa shape index (κ1) is 19.3. The van der Waals surface area contributed by atoms with Crippen molar-refractivity contribution < 1.29 is 13.2 Å². The maximum atomic E-state index is 12.7. The van der Waals surface area contributed by atoms with Crippen molar-refractivity contribution in [3.05, 3.63) is 35.9 Å². The van der Waals surface area contributed by atoms with Crippen LogP contribution in [0.2, 0.25) is 0 Å². The number of carbonyl (C=O) groups is 1. The fourth-order valence-corrected chi connectivity index (χ4v) is 5.04. The van der Waals surface area contributed by atoms with E-state index in [1.54, 1.807) is 0 Å². The Morgan fingerprint density at radius 3 is 2.27 bits per heavy atom. The first-order chi connectivity index (χ1) is 12.4. The van der Waals surface area contributed by atoms with Crippen LogP contribution in [-0.4, -0.2) is 73.5 Å². The third-order valence-corrected chi connectivity index (χ3v) is 6.70. The van der Waals surface area contributed by atoms with Gasteiger partial charge < -0.3 is 4.90 Å². The van der Waals surface area contributed by atoms with E-state index in [1.807, 2.05) is 23.1 Å². The van der Waals surface area contributed by atoms with Gasteiger partial charge in [0.1, 0.15) is 0 Å². The average Bonchev–Trinajstić information content (AvgIpc) is 3.14. The van der Waals surface area contributed by atoms with Crippen molar-refractivity contribution in [1.82, 2.24) is 14.1 Å². The number of benzene rings is 1. The lowest BCUT2D eigenvalue weighted by Gasteiger charge is -2.36. The van der Waals surface area contributed by atoms with Gasteiger partial charge in [0.25, 0.3) is 0 Å². The number of carbonyl (C=O) groups excluding carboxylic acids is 1. The van der Waals surface area contributed by atoms with Crippen molar-refractivity contribution in [2.45, 2.75) is 38.3 Å². The summed E-state index contributed by atoms with van der Waals surface area (Å²) in [4.78, 5) is 16.8. The highest BCUT2D eigenvalue weighted by Gasteiger charge is 2.32. The van der Waals surface area contributed by atoms with Gasteiger partial charge in [0, 0.05) is 38.8 Å². The molecule has 0 unspecified atom stereocenters. The summed E-state index contributed by atoms with van der Waals surface area (Å²) in [6.07, 6.45) is 5.04. The maximum absolute atomic E-state index is 12.7. The Hall–Kier alpha value is -1.44. The van der Waals surface area contributed by atoms with E-state index in [9.17, 15) is 13.2 Å². The topological polar surface area (TPSA) is 60.9 Å². The monoisotopic (exact) mass is 379 g/mol. The fourth-order valence-electron chi connectivity index (χ4n) is 3.94. The first-order valence-electron chi connectivity index (χ1n) is 9.44. The summed E-state index contributed by atoms with van der Waals surface area (Å²) in [5.41, 5.74) is 1.27. The zero-order valence-corrected chi connectivity index (χ0v) is 16.3. The summed E-state index contributed by atoms with van der Waals surface area (Å²) in [7, 11) is -3.36. The second kappa shape index (κ2) is 8.50. The molecule has 1 saturated carbocycles. The second-order valence-electron chi connectivity index (χ2n) is 7.39. The van der Waals surface area contributed by atoms with Gasteiger partial charge >= 0.3 is 0 Å². The number of piperazine rings is 1. The highest BCUT2D eigenvalue weighted by molar-refractivity contribution is 7.88. The molecule has 3 rings (SSSR count). The number of hydrogen-bond acceptors (Lipinski definition) is 4. The number of hydrogen-bond donors (Lipinski definition) is 0. The molecular weight excluding hydrogens is 350 g/mol. The SMILES string of the molecule is CS(=O)(=O)N(CC(=O)N1CCN(Cc2ccccc2)CC1)C1CCCC1. The molecule has 6 nitrogen and oxygen atoms in total. The minimum absolute atomic E-state index is 0.00619. The van der Waals surface area contributed by atoms with E-state index < -0.39 is 10.0 Å². The zero-order chi connectivity index (χ0) is 18.6. The van der Waals surface area contributed by atoms with Crippen LogP contribution in [0.15, 0.2) is 30.3 Å². The predicted molar refractivity (Wildman–Crippen MR) is 102 cm³/mol. The van der Waals surface area contributed by atoms with Crippen molar-refractivity contribution in [3.8, 4) is 0 Å². The quantitative estimate of drug-likeness (QED) is 0.752. The zero-order valence-electron chi connectivity index (χ0n) is 15.5. The third kappa shape index (κ3) is 5.05. The van der Waals surface area contributed by atoms with Gasteiger partial charge in [-0.1, -0.05) is 43.2 Å². The highest BCUT2D eigenvalue weighted by atomic mass is 32.2. The number of amides is 1. The Labute approximate surface area is 156 Å². The van der Waals surface area contributed by atoms with Gasteiger partial charge in [-0.05, 0) is 18.4 Å². The molecule has 0 N–H and O–H groups in total. The maximum Gasteiger partial charge on any atom is 0.237 e. The normalized spacial score (nSPS) is 20.0. The van der Waals surface area contributed by atoms with E-state index in [4.69, 9.17) is 0 Å². The van der Waals surface area contributed by atoms with Crippen LogP contribution >= 0.6 is 0 Å². The van der Waals surface area contributed by atoms with Crippen molar-refractivity contribution >= 4 is 15.9 Å². The van der Waals surface area contributed by atoms with Crippen molar-refractivity contribution in [2.24, 2.45) is 0 Å². The highest BCUT2D eigenvalue weighted by Crippen LogP contribution is 2.25. The van der Waals surface area contributed by atoms with E-state index in [0.29, 0.717) is 13.1 Å². The van der Waals surface area contributed by atoms with Gasteiger partial charge in [-0.3, -0.25) is 9.69 Å². The van der Waals surface area contributed by atoms with Crippen LogP contribution in [0.3, 0.4) is 0 Å². The van der Waals surface area contributed by atoms with E-state index in [1.165, 1.54) is 16.1 Å². The Morgan fingerprint density at radius 2 is 1.69 bits per heavy atom. The standard InChI is InChI=1S/C19H29N3O3S/c1-26(24,25)22(18-9-5-6-10-18)16-19(23)21-13-11-20(12-14-21)15-17-7-3-2-4-8-17/h2-4,7-8,18H,5-6,9-16H2,1H3. The smallest absolute Gasteiger partial charge is 0.237 e. The van der Waals surface area contributed by atoms with Crippen LogP contribution in [0, 0.1) is 0 Å². The second-order valence-corrected chi connectivity index (χ2v) is 9.32. The van der Waals surface area contributed by atoms with E-state index in [-0.39, 0.29) is 18.5 Å². The van der Waals surface area contributed by atoms with Gasteiger partial charge in [-0.15, -0.1) is 0 Å². The molecule has 1 amide bonds. The molecule has 0 bridgehead atoms. The van der Waals surface area contributed by atoms with E-state index >= 15 is 0 Å². The van der Waals surface area contributed by atoms with Gasteiger partial charge in [0.15, 0.2) is 0 Å². The summed E-state index contributed by atoms with van der Waals surface area (Å²) < 4.78 is 25.7. The summed E-state index contributed by atoms with van der Waals surface area (Å²) in [6, 6.07) is 10.3. The van der Waals surface area contributed by atoms with Crippen LogP contribution < -0.4 is 0 Å². The molecule has 7 heteroatoms. The van der Waals surface area contributed by atoms with Crippen molar-refractivity contribution in [2.75, 3.05) is 39.0 Å². The molecule has 144 valence electrons. The van der Waals surface area contributed by atoms with Gasteiger partial charge in [-0.2, -0.15) is 4.31 Å². The lowest BCUT2D eigenvalue weighted by Crippen LogP contribution is -2.52. The van der Waals surface area contributed by atoms with E-state index in [2.05, 4.69) is 17.0 Å². The third-order valence-electron chi connectivity index (χ3n) is 5.42. The molecule has 1 aliphatic carbocycles. The molecule has 0 aromatic heterocycles. The molecule has 1 aromatic carbocycles. The molecule has 1 heterocycles. The number of sulfonamides is 1. The van der Waals surface area contributed by atoms with Crippen LogP contribution in [-0.2, 0) is 21.4 Å². The lowest BCUT2D eigenvalue weighted by molar-refractivity contribution is -0.133. The van der Waals surface area contributed by atoms with Gasteiger partial charge in [0.05, 0.1) is 12.8 Å². The Bertz CT molecular complexity index is 694. The molecule has 1 saturated heterocycles. The summed E-state index contributed by atoms with van der Waals surface area (Å²) in [5, 5.41) is 0.